The lowest BCUT2D eigenvalue weighted by Crippen LogP contribution is -2.45. The normalized spacial score (nSPS) is 12.3. The van der Waals surface area contributed by atoms with Crippen molar-refractivity contribution in [1.29, 1.82) is 0 Å². The zero-order chi connectivity index (χ0) is 26.3. The Kier molecular flexibility index (Phi) is 8.25. The average Bonchev–Trinajstić information content (AvgIpc) is 2.84. The van der Waals surface area contributed by atoms with Gasteiger partial charge < -0.3 is 10.6 Å². The van der Waals surface area contributed by atoms with Gasteiger partial charge in [-0.3, -0.25) is 9.59 Å². The van der Waals surface area contributed by atoms with Crippen molar-refractivity contribution >= 4 is 27.5 Å². The summed E-state index contributed by atoms with van der Waals surface area (Å²) in [5.41, 5.74) is 0.295. The summed E-state index contributed by atoms with van der Waals surface area (Å²) < 4.78 is 40.8. The van der Waals surface area contributed by atoms with Gasteiger partial charge in [0.1, 0.15) is 11.9 Å². The molecule has 0 aliphatic heterocycles. The number of rotatable bonds is 9. The third-order valence-corrected chi connectivity index (χ3v) is 6.87. The van der Waals surface area contributed by atoms with Crippen LogP contribution in [0.25, 0.3) is 0 Å². The number of amides is 2. The van der Waals surface area contributed by atoms with Gasteiger partial charge in [0, 0.05) is 17.7 Å². The number of halogens is 1. The van der Waals surface area contributed by atoms with Gasteiger partial charge in [0.2, 0.25) is 15.9 Å². The zero-order valence-corrected chi connectivity index (χ0v) is 20.6. The average molecular weight is 508 g/mol. The monoisotopic (exact) mass is 507 g/mol. The summed E-state index contributed by atoms with van der Waals surface area (Å²) in [6, 6.07) is 18.7. The number of hydrogen-bond acceptors (Lipinski definition) is 4. The SMILES string of the molecule is C#CC(C)(C)NS(=O)(=O)c1ccc(NC(=O)[C@H](Cc2ccccc2)NC(=O)c2ccc(F)cc2)cc1. The number of anilines is 1. The molecule has 0 unspecified atom stereocenters. The standard InChI is InChI=1S/C27H26FN3O4S/c1-4-27(2,3)31-36(34,35)23-16-14-22(15-17-23)29-26(33)24(18-19-8-6-5-7-9-19)30-25(32)20-10-12-21(28)13-11-20/h1,5-17,24,31H,18H2,2-3H3,(H,29,33)(H,30,32)/t24-/m0/s1. The molecule has 1 atom stereocenters. The first-order valence-electron chi connectivity index (χ1n) is 11.0. The Morgan fingerprint density at radius 3 is 2.17 bits per heavy atom. The van der Waals surface area contributed by atoms with E-state index in [9.17, 15) is 22.4 Å². The molecule has 0 aliphatic rings. The van der Waals surface area contributed by atoms with Crippen LogP contribution < -0.4 is 15.4 Å². The van der Waals surface area contributed by atoms with E-state index in [1.807, 2.05) is 30.3 Å². The summed E-state index contributed by atoms with van der Waals surface area (Å²) in [5.74, 6) is 0.853. The van der Waals surface area contributed by atoms with Crippen LogP contribution in [-0.2, 0) is 21.2 Å². The molecule has 36 heavy (non-hydrogen) atoms. The topological polar surface area (TPSA) is 104 Å². The maximum atomic E-state index is 13.2. The van der Waals surface area contributed by atoms with E-state index < -0.39 is 39.2 Å². The largest absolute Gasteiger partial charge is 0.340 e. The van der Waals surface area contributed by atoms with E-state index in [4.69, 9.17) is 6.42 Å². The molecule has 7 nitrogen and oxygen atoms in total. The molecule has 3 rings (SSSR count). The van der Waals surface area contributed by atoms with Crippen LogP contribution in [0.3, 0.4) is 0 Å². The van der Waals surface area contributed by atoms with Gasteiger partial charge >= 0.3 is 0 Å². The van der Waals surface area contributed by atoms with E-state index in [2.05, 4.69) is 21.3 Å². The summed E-state index contributed by atoms with van der Waals surface area (Å²) in [5, 5.41) is 5.40. The van der Waals surface area contributed by atoms with Crippen LogP contribution >= 0.6 is 0 Å². The second-order valence-electron chi connectivity index (χ2n) is 8.61. The minimum absolute atomic E-state index is 0.0192. The molecular weight excluding hydrogens is 481 g/mol. The number of carbonyl (C=O) groups is 2. The van der Waals surface area contributed by atoms with Crippen LogP contribution in [0, 0.1) is 18.2 Å². The molecule has 0 bridgehead atoms. The highest BCUT2D eigenvalue weighted by Crippen LogP contribution is 2.17. The van der Waals surface area contributed by atoms with Gasteiger partial charge in [0.15, 0.2) is 0 Å². The quantitative estimate of drug-likeness (QED) is 0.386. The lowest BCUT2D eigenvalue weighted by molar-refractivity contribution is -0.118. The van der Waals surface area contributed by atoms with E-state index in [0.29, 0.717) is 5.69 Å². The van der Waals surface area contributed by atoms with Crippen molar-refractivity contribution in [2.75, 3.05) is 5.32 Å². The molecule has 9 heteroatoms. The number of carbonyl (C=O) groups excluding carboxylic acids is 2. The Bertz CT molecular complexity index is 1370. The Hall–Kier alpha value is -4.00. The molecule has 3 aromatic carbocycles. The van der Waals surface area contributed by atoms with E-state index in [1.165, 1.54) is 36.4 Å². The van der Waals surface area contributed by atoms with E-state index >= 15 is 0 Å². The highest BCUT2D eigenvalue weighted by Gasteiger charge is 2.25. The summed E-state index contributed by atoms with van der Waals surface area (Å²) in [7, 11) is -3.87. The Morgan fingerprint density at radius 1 is 0.972 bits per heavy atom. The van der Waals surface area contributed by atoms with Crippen molar-refractivity contribution in [3.05, 3.63) is 95.8 Å². The van der Waals surface area contributed by atoms with Crippen molar-refractivity contribution in [1.82, 2.24) is 10.0 Å². The van der Waals surface area contributed by atoms with Crippen molar-refractivity contribution in [2.24, 2.45) is 0 Å². The van der Waals surface area contributed by atoms with Crippen LogP contribution in [0.5, 0.6) is 0 Å². The van der Waals surface area contributed by atoms with Crippen LogP contribution in [0.15, 0.2) is 83.8 Å². The van der Waals surface area contributed by atoms with Gasteiger partial charge in [-0.25, -0.2) is 12.8 Å². The predicted molar refractivity (Wildman–Crippen MR) is 136 cm³/mol. The van der Waals surface area contributed by atoms with Crippen molar-refractivity contribution in [3.63, 3.8) is 0 Å². The number of nitrogens with one attached hydrogen (secondary N) is 3. The maximum Gasteiger partial charge on any atom is 0.251 e. The molecule has 3 aromatic rings. The van der Waals surface area contributed by atoms with Gasteiger partial charge in [-0.05, 0) is 67.9 Å². The summed E-state index contributed by atoms with van der Waals surface area (Å²) in [4.78, 5) is 25.8. The lowest BCUT2D eigenvalue weighted by atomic mass is 10.0. The molecular formula is C27H26FN3O4S. The molecule has 0 spiro atoms. The number of sulfonamides is 1. The van der Waals surface area contributed by atoms with Crippen LogP contribution in [0.2, 0.25) is 0 Å². The first-order chi connectivity index (χ1) is 17.0. The van der Waals surface area contributed by atoms with Crippen LogP contribution in [-0.4, -0.2) is 31.8 Å². The molecule has 2 amide bonds. The summed E-state index contributed by atoms with van der Waals surface area (Å²) in [6.07, 6.45) is 5.57. The summed E-state index contributed by atoms with van der Waals surface area (Å²) >= 11 is 0. The van der Waals surface area contributed by atoms with E-state index in [0.717, 1.165) is 17.7 Å². The highest BCUT2D eigenvalue weighted by atomic mass is 32.2. The van der Waals surface area contributed by atoms with Crippen molar-refractivity contribution in [2.45, 2.75) is 36.7 Å². The first kappa shape index (κ1) is 26.6. The summed E-state index contributed by atoms with van der Waals surface area (Å²) in [6.45, 7) is 3.12. The van der Waals surface area contributed by atoms with Crippen LogP contribution in [0.4, 0.5) is 10.1 Å². The zero-order valence-electron chi connectivity index (χ0n) is 19.8. The van der Waals surface area contributed by atoms with Gasteiger partial charge in [-0.15, -0.1) is 6.42 Å². The Balaban J connectivity index is 1.77. The highest BCUT2D eigenvalue weighted by molar-refractivity contribution is 7.89. The molecule has 0 radical (unpaired) electrons. The Morgan fingerprint density at radius 2 is 1.58 bits per heavy atom. The lowest BCUT2D eigenvalue weighted by Gasteiger charge is -2.20. The predicted octanol–water partition coefficient (Wildman–Crippen LogP) is 3.50. The van der Waals surface area contributed by atoms with Gasteiger partial charge in [0.05, 0.1) is 10.4 Å². The fraction of sp³-hybridized carbons (Fsp3) is 0.185. The van der Waals surface area contributed by atoms with Crippen LogP contribution in [0.1, 0.15) is 29.8 Å². The molecule has 0 saturated carbocycles. The minimum atomic E-state index is -3.87. The third-order valence-electron chi connectivity index (χ3n) is 5.19. The molecule has 0 aromatic heterocycles. The molecule has 186 valence electrons. The van der Waals surface area contributed by atoms with E-state index in [-0.39, 0.29) is 16.9 Å². The third kappa shape index (κ3) is 7.25. The fourth-order valence-corrected chi connectivity index (χ4v) is 4.62. The Labute approximate surface area is 210 Å². The second-order valence-corrected chi connectivity index (χ2v) is 10.3. The number of hydrogen-bond donors (Lipinski definition) is 3. The van der Waals surface area contributed by atoms with Gasteiger partial charge in [-0.1, -0.05) is 36.3 Å². The molecule has 0 aliphatic carbocycles. The smallest absolute Gasteiger partial charge is 0.251 e. The second kappa shape index (κ2) is 11.2. The maximum absolute atomic E-state index is 13.2. The van der Waals surface area contributed by atoms with Crippen molar-refractivity contribution < 1.29 is 22.4 Å². The number of terminal acetylenes is 1. The van der Waals surface area contributed by atoms with Gasteiger partial charge in [0.25, 0.3) is 5.91 Å². The van der Waals surface area contributed by atoms with Crippen molar-refractivity contribution in [3.8, 4) is 12.3 Å². The first-order valence-corrected chi connectivity index (χ1v) is 12.5. The van der Waals surface area contributed by atoms with E-state index in [1.54, 1.807) is 13.8 Å². The fourth-order valence-electron chi connectivity index (χ4n) is 3.27. The number of benzene rings is 3. The molecule has 3 N–H and O–H groups in total. The molecule has 0 saturated heterocycles. The van der Waals surface area contributed by atoms with Gasteiger partial charge in [-0.2, -0.15) is 4.72 Å². The molecule has 0 heterocycles. The molecule has 0 fully saturated rings. The minimum Gasteiger partial charge on any atom is -0.340 e.